The molecule has 98 valence electrons. The quantitative estimate of drug-likeness (QED) is 0.477. The standard InChI is InChI=1S/C12H15BrN2O3/c1-18-8-7-14-6-2-3-10-4-5-11(13)12(9-10)15(16)17/h2-5,9,14H,6-8H2,1H3. The predicted octanol–water partition coefficient (Wildman–Crippen LogP) is 2.61. The number of halogens is 1. The van der Waals surface area contributed by atoms with Crippen molar-refractivity contribution in [3.63, 3.8) is 0 Å². The Hall–Kier alpha value is -1.24. The van der Waals surface area contributed by atoms with Crippen LogP contribution in [-0.4, -0.2) is 31.7 Å². The van der Waals surface area contributed by atoms with Gasteiger partial charge in [0.25, 0.3) is 5.69 Å². The topological polar surface area (TPSA) is 64.4 Å². The molecule has 0 unspecified atom stereocenters. The summed E-state index contributed by atoms with van der Waals surface area (Å²) >= 11 is 3.15. The van der Waals surface area contributed by atoms with Gasteiger partial charge < -0.3 is 10.1 Å². The summed E-state index contributed by atoms with van der Waals surface area (Å²) < 4.78 is 5.38. The summed E-state index contributed by atoms with van der Waals surface area (Å²) in [5, 5.41) is 13.9. The number of hydrogen-bond donors (Lipinski definition) is 1. The predicted molar refractivity (Wildman–Crippen MR) is 74.6 cm³/mol. The van der Waals surface area contributed by atoms with Crippen LogP contribution in [0.4, 0.5) is 5.69 Å². The molecule has 0 saturated heterocycles. The van der Waals surface area contributed by atoms with Crippen molar-refractivity contribution < 1.29 is 9.66 Å². The van der Waals surface area contributed by atoms with E-state index in [2.05, 4.69) is 21.2 Å². The summed E-state index contributed by atoms with van der Waals surface area (Å²) in [6.45, 7) is 2.14. The van der Waals surface area contributed by atoms with Gasteiger partial charge in [-0.2, -0.15) is 0 Å². The van der Waals surface area contributed by atoms with Crippen LogP contribution in [0.1, 0.15) is 5.56 Å². The molecule has 1 N–H and O–H groups in total. The molecular formula is C12H15BrN2O3. The Labute approximate surface area is 114 Å². The van der Waals surface area contributed by atoms with E-state index in [0.717, 1.165) is 12.1 Å². The third-order valence-electron chi connectivity index (χ3n) is 2.22. The molecule has 0 atom stereocenters. The summed E-state index contributed by atoms with van der Waals surface area (Å²) in [5.41, 5.74) is 0.878. The van der Waals surface area contributed by atoms with Gasteiger partial charge in [0, 0.05) is 26.3 Å². The van der Waals surface area contributed by atoms with Crippen LogP contribution in [0.5, 0.6) is 0 Å². The highest BCUT2D eigenvalue weighted by molar-refractivity contribution is 9.10. The number of nitrogens with zero attached hydrogens (tertiary/aromatic N) is 1. The van der Waals surface area contributed by atoms with Crippen LogP contribution < -0.4 is 5.32 Å². The monoisotopic (exact) mass is 314 g/mol. The van der Waals surface area contributed by atoms with Gasteiger partial charge in [0.2, 0.25) is 0 Å². The van der Waals surface area contributed by atoms with Crippen molar-refractivity contribution in [1.29, 1.82) is 0 Å². The summed E-state index contributed by atoms with van der Waals surface area (Å²) in [5.74, 6) is 0. The Kier molecular flexibility index (Phi) is 6.56. The van der Waals surface area contributed by atoms with Gasteiger partial charge in [-0.25, -0.2) is 0 Å². The summed E-state index contributed by atoms with van der Waals surface area (Å²) in [7, 11) is 1.65. The molecule has 0 aromatic heterocycles. The molecule has 0 spiro atoms. The first-order chi connectivity index (χ1) is 8.65. The number of ether oxygens (including phenoxy) is 1. The number of methoxy groups -OCH3 is 1. The maximum atomic E-state index is 10.7. The molecule has 18 heavy (non-hydrogen) atoms. The smallest absolute Gasteiger partial charge is 0.284 e. The average molecular weight is 315 g/mol. The highest BCUT2D eigenvalue weighted by Crippen LogP contribution is 2.25. The molecule has 0 aliphatic heterocycles. The number of nitro benzene ring substituents is 1. The van der Waals surface area contributed by atoms with Crippen molar-refractivity contribution >= 4 is 27.7 Å². The molecule has 0 aliphatic carbocycles. The lowest BCUT2D eigenvalue weighted by Gasteiger charge is -2.00. The first kappa shape index (κ1) is 14.8. The van der Waals surface area contributed by atoms with E-state index in [-0.39, 0.29) is 5.69 Å². The van der Waals surface area contributed by atoms with Crippen LogP contribution in [0.2, 0.25) is 0 Å². The molecule has 5 nitrogen and oxygen atoms in total. The minimum absolute atomic E-state index is 0.0736. The first-order valence-corrected chi connectivity index (χ1v) is 6.24. The van der Waals surface area contributed by atoms with Crippen LogP contribution >= 0.6 is 15.9 Å². The van der Waals surface area contributed by atoms with Crippen molar-refractivity contribution in [3.05, 3.63) is 44.4 Å². The van der Waals surface area contributed by atoms with Gasteiger partial charge in [-0.05, 0) is 27.6 Å². The Bertz CT molecular complexity index is 435. The minimum Gasteiger partial charge on any atom is -0.383 e. The Morgan fingerprint density at radius 1 is 1.56 bits per heavy atom. The van der Waals surface area contributed by atoms with E-state index < -0.39 is 4.92 Å². The summed E-state index contributed by atoms with van der Waals surface area (Å²) in [4.78, 5) is 10.3. The van der Waals surface area contributed by atoms with Crippen LogP contribution in [0, 0.1) is 10.1 Å². The zero-order chi connectivity index (χ0) is 13.4. The summed E-state index contributed by atoms with van der Waals surface area (Å²) in [6, 6.07) is 5.04. The highest BCUT2D eigenvalue weighted by atomic mass is 79.9. The van der Waals surface area contributed by atoms with Gasteiger partial charge >= 0.3 is 0 Å². The second-order valence-electron chi connectivity index (χ2n) is 3.57. The van der Waals surface area contributed by atoms with Crippen LogP contribution in [0.15, 0.2) is 28.7 Å². The van der Waals surface area contributed by atoms with Gasteiger partial charge in [0.1, 0.15) is 0 Å². The third-order valence-corrected chi connectivity index (χ3v) is 2.89. The van der Waals surface area contributed by atoms with Crippen LogP contribution in [0.25, 0.3) is 6.08 Å². The Morgan fingerprint density at radius 2 is 2.33 bits per heavy atom. The molecule has 0 amide bonds. The molecule has 0 aliphatic rings. The van der Waals surface area contributed by atoms with Crippen molar-refractivity contribution in [3.8, 4) is 0 Å². The van der Waals surface area contributed by atoms with Crippen molar-refractivity contribution in [2.24, 2.45) is 0 Å². The number of nitro groups is 1. The van der Waals surface area contributed by atoms with E-state index in [0.29, 0.717) is 17.6 Å². The van der Waals surface area contributed by atoms with Crippen molar-refractivity contribution in [2.45, 2.75) is 0 Å². The Balaban J connectivity index is 2.54. The molecule has 1 aromatic carbocycles. The maximum Gasteiger partial charge on any atom is 0.284 e. The third kappa shape index (κ3) is 4.95. The molecular weight excluding hydrogens is 300 g/mol. The van der Waals surface area contributed by atoms with E-state index in [9.17, 15) is 10.1 Å². The van der Waals surface area contributed by atoms with Gasteiger partial charge in [0.05, 0.1) is 16.0 Å². The van der Waals surface area contributed by atoms with Gasteiger partial charge in [-0.3, -0.25) is 10.1 Å². The van der Waals surface area contributed by atoms with Crippen LogP contribution in [-0.2, 0) is 4.74 Å². The molecule has 0 bridgehead atoms. The van der Waals surface area contributed by atoms with Gasteiger partial charge in [0.15, 0.2) is 0 Å². The lowest BCUT2D eigenvalue weighted by molar-refractivity contribution is -0.385. The number of rotatable bonds is 7. The number of hydrogen-bond acceptors (Lipinski definition) is 4. The maximum absolute atomic E-state index is 10.7. The number of benzene rings is 1. The first-order valence-electron chi connectivity index (χ1n) is 5.45. The average Bonchev–Trinajstić information content (AvgIpc) is 2.35. The lowest BCUT2D eigenvalue weighted by Crippen LogP contribution is -2.18. The molecule has 0 saturated carbocycles. The van der Waals surface area contributed by atoms with Gasteiger partial charge in [-0.1, -0.05) is 18.2 Å². The fourth-order valence-electron chi connectivity index (χ4n) is 1.33. The van der Waals surface area contributed by atoms with E-state index in [1.165, 1.54) is 6.07 Å². The second kappa shape index (κ2) is 7.97. The van der Waals surface area contributed by atoms with Crippen LogP contribution in [0.3, 0.4) is 0 Å². The normalized spacial score (nSPS) is 11.0. The highest BCUT2D eigenvalue weighted by Gasteiger charge is 2.10. The fraction of sp³-hybridized carbons (Fsp3) is 0.333. The van der Waals surface area contributed by atoms with Gasteiger partial charge in [-0.15, -0.1) is 0 Å². The lowest BCUT2D eigenvalue weighted by atomic mass is 10.2. The van der Waals surface area contributed by atoms with E-state index in [1.807, 2.05) is 18.2 Å². The molecule has 0 fully saturated rings. The van der Waals surface area contributed by atoms with Crippen molar-refractivity contribution in [1.82, 2.24) is 5.32 Å². The minimum atomic E-state index is -0.405. The second-order valence-corrected chi connectivity index (χ2v) is 4.42. The molecule has 1 rings (SSSR count). The zero-order valence-corrected chi connectivity index (χ0v) is 11.6. The molecule has 0 heterocycles. The molecule has 1 aromatic rings. The zero-order valence-electron chi connectivity index (χ0n) is 10.1. The largest absolute Gasteiger partial charge is 0.383 e. The summed E-state index contributed by atoms with van der Waals surface area (Å²) in [6.07, 6.45) is 3.77. The molecule has 6 heteroatoms. The van der Waals surface area contributed by atoms with E-state index in [1.54, 1.807) is 13.2 Å². The Morgan fingerprint density at radius 3 is 3.00 bits per heavy atom. The molecule has 0 radical (unpaired) electrons. The van der Waals surface area contributed by atoms with E-state index in [4.69, 9.17) is 4.74 Å². The van der Waals surface area contributed by atoms with E-state index >= 15 is 0 Å². The fourth-order valence-corrected chi connectivity index (χ4v) is 1.72. The SMILES string of the molecule is COCCNCC=Cc1ccc(Br)c([N+](=O)[O-])c1. The van der Waals surface area contributed by atoms with Crippen molar-refractivity contribution in [2.75, 3.05) is 26.8 Å². The number of nitrogens with one attached hydrogen (secondary N) is 1.